The van der Waals surface area contributed by atoms with Crippen molar-refractivity contribution in [3.63, 3.8) is 0 Å². The van der Waals surface area contributed by atoms with E-state index in [1.807, 2.05) is 18.8 Å². The minimum absolute atomic E-state index is 0.822. The molecule has 0 aromatic carbocycles. The molecule has 2 N–H and O–H groups in total. The molecule has 4 heteroatoms. The van der Waals surface area contributed by atoms with Crippen LogP contribution in [0.4, 0.5) is 0 Å². The minimum atomic E-state index is 0.822. The lowest BCUT2D eigenvalue weighted by Gasteiger charge is -2.29. The van der Waals surface area contributed by atoms with Crippen molar-refractivity contribution in [2.45, 2.75) is 32.6 Å². The summed E-state index contributed by atoms with van der Waals surface area (Å²) < 4.78 is 0. The van der Waals surface area contributed by atoms with Gasteiger partial charge in [-0.1, -0.05) is 26.2 Å². The molecule has 1 rings (SSSR count). The average Bonchev–Trinajstić information content (AvgIpc) is 2.35. The first-order chi connectivity index (χ1) is 8.27. The van der Waals surface area contributed by atoms with E-state index in [0.717, 1.165) is 36.6 Å². The highest BCUT2D eigenvalue weighted by Gasteiger charge is 2.20. The molecule has 0 aromatic rings. The van der Waals surface area contributed by atoms with Crippen LogP contribution < -0.4 is 10.6 Å². The van der Waals surface area contributed by atoms with E-state index in [1.165, 1.54) is 25.7 Å². The van der Waals surface area contributed by atoms with E-state index in [2.05, 4.69) is 28.8 Å². The third-order valence-electron chi connectivity index (χ3n) is 3.64. The third-order valence-corrected chi connectivity index (χ3v) is 4.26. The van der Waals surface area contributed by atoms with Gasteiger partial charge < -0.3 is 10.6 Å². The van der Waals surface area contributed by atoms with Crippen molar-refractivity contribution in [3.05, 3.63) is 0 Å². The highest BCUT2D eigenvalue weighted by atomic mass is 32.2. The zero-order valence-corrected chi connectivity index (χ0v) is 12.3. The molecule has 1 fully saturated rings. The second-order valence-corrected chi connectivity index (χ2v) is 5.88. The minimum Gasteiger partial charge on any atom is -0.356 e. The molecule has 0 aliphatic heterocycles. The molecule has 100 valence electrons. The zero-order valence-electron chi connectivity index (χ0n) is 11.5. The average molecular weight is 257 g/mol. The molecule has 17 heavy (non-hydrogen) atoms. The van der Waals surface area contributed by atoms with E-state index < -0.39 is 0 Å². The van der Waals surface area contributed by atoms with Crippen LogP contribution in [0.2, 0.25) is 0 Å². The van der Waals surface area contributed by atoms with Gasteiger partial charge in [-0.05, 0) is 24.5 Å². The summed E-state index contributed by atoms with van der Waals surface area (Å²) in [6.45, 7) is 4.44. The van der Waals surface area contributed by atoms with Crippen LogP contribution in [0.1, 0.15) is 32.6 Å². The number of nitrogens with zero attached hydrogens (tertiary/aromatic N) is 1. The lowest BCUT2D eigenvalue weighted by molar-refractivity contribution is 0.256. The van der Waals surface area contributed by atoms with Crippen molar-refractivity contribution < 1.29 is 0 Å². The predicted molar refractivity (Wildman–Crippen MR) is 78.9 cm³/mol. The molecule has 0 saturated heterocycles. The van der Waals surface area contributed by atoms with Crippen LogP contribution in [0, 0.1) is 11.8 Å². The molecule has 0 bridgehead atoms. The predicted octanol–water partition coefficient (Wildman–Crippen LogP) is 2.34. The summed E-state index contributed by atoms with van der Waals surface area (Å²) in [5, 5.41) is 6.80. The first-order valence-corrected chi connectivity index (χ1v) is 8.10. The van der Waals surface area contributed by atoms with E-state index in [0.29, 0.717) is 0 Å². The number of rotatable bonds is 5. The van der Waals surface area contributed by atoms with Crippen molar-refractivity contribution in [3.8, 4) is 0 Å². The first kappa shape index (κ1) is 14.7. The van der Waals surface area contributed by atoms with Gasteiger partial charge >= 0.3 is 0 Å². The molecular weight excluding hydrogens is 230 g/mol. The molecule has 0 spiro atoms. The number of thioether (sulfide) groups is 1. The maximum Gasteiger partial charge on any atom is 0.191 e. The van der Waals surface area contributed by atoms with Crippen LogP contribution in [0.25, 0.3) is 0 Å². The lowest BCUT2D eigenvalue weighted by atomic mass is 9.80. The molecule has 1 saturated carbocycles. The molecule has 2 atom stereocenters. The van der Waals surface area contributed by atoms with Gasteiger partial charge in [-0.25, -0.2) is 0 Å². The SMILES string of the molecule is CN=C(NCCSC)NCC1CCCCC1C. The van der Waals surface area contributed by atoms with Gasteiger partial charge in [0.25, 0.3) is 0 Å². The fourth-order valence-corrected chi connectivity index (χ4v) is 2.72. The van der Waals surface area contributed by atoms with E-state index in [9.17, 15) is 0 Å². The fraction of sp³-hybridized carbons (Fsp3) is 0.923. The van der Waals surface area contributed by atoms with Gasteiger partial charge in [0.05, 0.1) is 0 Å². The maximum absolute atomic E-state index is 4.25. The maximum atomic E-state index is 4.25. The summed E-state index contributed by atoms with van der Waals surface area (Å²) in [6.07, 6.45) is 7.70. The highest BCUT2D eigenvalue weighted by Crippen LogP contribution is 2.28. The second kappa shape index (κ2) is 8.67. The van der Waals surface area contributed by atoms with Gasteiger partial charge in [0.1, 0.15) is 0 Å². The Balaban J connectivity index is 2.22. The summed E-state index contributed by atoms with van der Waals surface area (Å²) in [4.78, 5) is 4.25. The summed E-state index contributed by atoms with van der Waals surface area (Å²) in [5.41, 5.74) is 0. The Morgan fingerprint density at radius 3 is 2.71 bits per heavy atom. The molecule has 1 aliphatic rings. The van der Waals surface area contributed by atoms with Crippen LogP contribution in [0.3, 0.4) is 0 Å². The van der Waals surface area contributed by atoms with Crippen LogP contribution in [0.5, 0.6) is 0 Å². The van der Waals surface area contributed by atoms with E-state index in [-0.39, 0.29) is 0 Å². The number of nitrogens with one attached hydrogen (secondary N) is 2. The topological polar surface area (TPSA) is 36.4 Å². The Kier molecular flexibility index (Phi) is 7.49. The molecule has 0 heterocycles. The number of hydrogen-bond acceptors (Lipinski definition) is 2. The third kappa shape index (κ3) is 5.66. The molecule has 0 radical (unpaired) electrons. The summed E-state index contributed by atoms with van der Waals surface area (Å²) in [5.74, 6) is 3.76. The van der Waals surface area contributed by atoms with Crippen molar-refractivity contribution in [1.29, 1.82) is 0 Å². The van der Waals surface area contributed by atoms with Crippen molar-refractivity contribution in [2.75, 3.05) is 32.1 Å². The summed E-state index contributed by atoms with van der Waals surface area (Å²) in [7, 11) is 1.85. The highest BCUT2D eigenvalue weighted by molar-refractivity contribution is 7.98. The van der Waals surface area contributed by atoms with Gasteiger partial charge in [0.15, 0.2) is 5.96 Å². The number of hydrogen-bond donors (Lipinski definition) is 2. The molecule has 1 aliphatic carbocycles. The number of aliphatic imine (C=N–C) groups is 1. The number of guanidine groups is 1. The van der Waals surface area contributed by atoms with E-state index >= 15 is 0 Å². The van der Waals surface area contributed by atoms with Gasteiger partial charge in [-0.3, -0.25) is 4.99 Å². The fourth-order valence-electron chi connectivity index (χ4n) is 2.42. The molecule has 0 aromatic heterocycles. The van der Waals surface area contributed by atoms with Crippen molar-refractivity contribution >= 4 is 17.7 Å². The Bertz CT molecular complexity index is 231. The van der Waals surface area contributed by atoms with Gasteiger partial charge in [-0.15, -0.1) is 0 Å². The lowest BCUT2D eigenvalue weighted by Crippen LogP contribution is -2.42. The van der Waals surface area contributed by atoms with Gasteiger partial charge in [-0.2, -0.15) is 11.8 Å². The molecule has 3 nitrogen and oxygen atoms in total. The Labute approximate surface area is 110 Å². The molecule has 0 amide bonds. The Hall–Kier alpha value is -0.380. The van der Waals surface area contributed by atoms with Crippen LogP contribution in [-0.2, 0) is 0 Å². The normalized spacial score (nSPS) is 25.7. The molecular formula is C13H27N3S. The van der Waals surface area contributed by atoms with E-state index in [1.54, 1.807) is 0 Å². The molecule has 2 unspecified atom stereocenters. The van der Waals surface area contributed by atoms with Crippen LogP contribution >= 0.6 is 11.8 Å². The largest absolute Gasteiger partial charge is 0.356 e. The van der Waals surface area contributed by atoms with Crippen LogP contribution in [0.15, 0.2) is 4.99 Å². The van der Waals surface area contributed by atoms with E-state index in [4.69, 9.17) is 0 Å². The summed E-state index contributed by atoms with van der Waals surface area (Å²) in [6, 6.07) is 0. The Morgan fingerprint density at radius 2 is 2.06 bits per heavy atom. The first-order valence-electron chi connectivity index (χ1n) is 6.71. The standard InChI is InChI=1S/C13H27N3S/c1-11-6-4-5-7-12(11)10-16-13(14-2)15-8-9-17-3/h11-12H,4-10H2,1-3H3,(H2,14,15,16). The van der Waals surface area contributed by atoms with Crippen molar-refractivity contribution in [2.24, 2.45) is 16.8 Å². The second-order valence-electron chi connectivity index (χ2n) is 4.89. The van der Waals surface area contributed by atoms with Crippen molar-refractivity contribution in [1.82, 2.24) is 10.6 Å². The Morgan fingerprint density at radius 1 is 1.29 bits per heavy atom. The quantitative estimate of drug-likeness (QED) is 0.451. The summed E-state index contributed by atoms with van der Waals surface area (Å²) >= 11 is 1.86. The van der Waals surface area contributed by atoms with Crippen LogP contribution in [-0.4, -0.2) is 38.1 Å². The van der Waals surface area contributed by atoms with Gasteiger partial charge in [0.2, 0.25) is 0 Å². The zero-order chi connectivity index (χ0) is 12.5. The smallest absolute Gasteiger partial charge is 0.191 e. The monoisotopic (exact) mass is 257 g/mol. The van der Waals surface area contributed by atoms with Gasteiger partial charge in [0, 0.05) is 25.9 Å².